The third-order valence-corrected chi connectivity index (χ3v) is 4.71. The SMILES string of the molecule is CCNC(=NCCCNS(=O)(=O)CC)N(C)Cc1cccc(F)c1.I. The molecule has 9 heteroatoms. The topological polar surface area (TPSA) is 73.8 Å². The number of hydrogen-bond donors (Lipinski definition) is 2. The van der Waals surface area contributed by atoms with Crippen molar-refractivity contribution in [2.45, 2.75) is 26.8 Å². The van der Waals surface area contributed by atoms with E-state index in [1.165, 1.54) is 12.1 Å². The monoisotopic (exact) mass is 486 g/mol. The lowest BCUT2D eigenvalue weighted by atomic mass is 10.2. The molecule has 0 fully saturated rings. The molecule has 2 N–H and O–H groups in total. The maximum atomic E-state index is 13.3. The Labute approximate surface area is 167 Å². The quantitative estimate of drug-likeness (QED) is 0.243. The van der Waals surface area contributed by atoms with Gasteiger partial charge in [0.1, 0.15) is 5.82 Å². The van der Waals surface area contributed by atoms with E-state index in [0.29, 0.717) is 32.0 Å². The zero-order valence-corrected chi connectivity index (χ0v) is 18.1. The number of rotatable bonds is 9. The van der Waals surface area contributed by atoms with Gasteiger partial charge in [-0.05, 0) is 38.0 Å². The molecule has 1 rings (SSSR count). The van der Waals surface area contributed by atoms with E-state index >= 15 is 0 Å². The van der Waals surface area contributed by atoms with Crippen LogP contribution in [0.1, 0.15) is 25.8 Å². The van der Waals surface area contributed by atoms with Crippen LogP contribution in [0, 0.1) is 5.82 Å². The average Bonchev–Trinajstić information content (AvgIpc) is 2.53. The summed E-state index contributed by atoms with van der Waals surface area (Å²) in [6.45, 7) is 5.70. The molecule has 1 aromatic rings. The van der Waals surface area contributed by atoms with Gasteiger partial charge in [-0.15, -0.1) is 24.0 Å². The molecule has 0 aromatic heterocycles. The van der Waals surface area contributed by atoms with Crippen molar-refractivity contribution in [3.63, 3.8) is 0 Å². The van der Waals surface area contributed by atoms with Crippen LogP contribution >= 0.6 is 24.0 Å². The summed E-state index contributed by atoms with van der Waals surface area (Å²) in [5, 5.41) is 3.18. The van der Waals surface area contributed by atoms with E-state index in [2.05, 4.69) is 15.0 Å². The Bertz CT molecular complexity index is 641. The highest BCUT2D eigenvalue weighted by Gasteiger charge is 2.08. The fraction of sp³-hybridized carbons (Fsp3) is 0.562. The van der Waals surface area contributed by atoms with Crippen LogP contribution in [-0.4, -0.2) is 51.7 Å². The number of hydrogen-bond acceptors (Lipinski definition) is 3. The first kappa shape index (κ1) is 24.1. The van der Waals surface area contributed by atoms with Crippen LogP contribution < -0.4 is 10.0 Å². The molecule has 0 saturated carbocycles. The fourth-order valence-electron chi connectivity index (χ4n) is 2.05. The van der Waals surface area contributed by atoms with Gasteiger partial charge in [-0.25, -0.2) is 17.5 Å². The molecule has 0 saturated heterocycles. The molecular weight excluding hydrogens is 458 g/mol. The highest BCUT2D eigenvalue weighted by atomic mass is 127. The average molecular weight is 486 g/mol. The Morgan fingerprint density at radius 3 is 2.64 bits per heavy atom. The number of sulfonamides is 1. The number of aliphatic imine (C=N–C) groups is 1. The Morgan fingerprint density at radius 2 is 2.04 bits per heavy atom. The lowest BCUT2D eigenvalue weighted by Crippen LogP contribution is -2.38. The molecule has 0 radical (unpaired) electrons. The number of nitrogens with zero attached hydrogens (tertiary/aromatic N) is 2. The van der Waals surface area contributed by atoms with Gasteiger partial charge in [-0.2, -0.15) is 0 Å². The summed E-state index contributed by atoms with van der Waals surface area (Å²) in [6, 6.07) is 6.46. The molecule has 0 aliphatic rings. The molecule has 25 heavy (non-hydrogen) atoms. The first-order valence-corrected chi connectivity index (χ1v) is 9.74. The molecule has 0 spiro atoms. The first-order valence-electron chi connectivity index (χ1n) is 8.09. The number of guanidine groups is 1. The second-order valence-electron chi connectivity index (χ2n) is 5.37. The number of halogens is 2. The minimum absolute atomic E-state index is 0. The normalized spacial score (nSPS) is 11.8. The molecule has 0 bridgehead atoms. The Kier molecular flexibility index (Phi) is 12.0. The van der Waals surface area contributed by atoms with E-state index in [9.17, 15) is 12.8 Å². The minimum atomic E-state index is -3.15. The largest absolute Gasteiger partial charge is 0.357 e. The predicted molar refractivity (Wildman–Crippen MR) is 111 cm³/mol. The van der Waals surface area contributed by atoms with Crippen LogP contribution in [0.3, 0.4) is 0 Å². The number of nitrogens with one attached hydrogen (secondary N) is 2. The van der Waals surface area contributed by atoms with Crippen molar-refractivity contribution in [1.29, 1.82) is 0 Å². The van der Waals surface area contributed by atoms with E-state index in [0.717, 1.165) is 12.1 Å². The Balaban J connectivity index is 0.00000576. The van der Waals surface area contributed by atoms with E-state index < -0.39 is 10.0 Å². The summed E-state index contributed by atoms with van der Waals surface area (Å²) in [4.78, 5) is 6.39. The number of benzene rings is 1. The maximum absolute atomic E-state index is 13.3. The van der Waals surface area contributed by atoms with Crippen LogP contribution in [0.5, 0.6) is 0 Å². The first-order chi connectivity index (χ1) is 11.4. The van der Waals surface area contributed by atoms with Crippen molar-refractivity contribution in [3.05, 3.63) is 35.6 Å². The van der Waals surface area contributed by atoms with Crippen LogP contribution in [0.15, 0.2) is 29.3 Å². The van der Waals surface area contributed by atoms with Crippen molar-refractivity contribution in [1.82, 2.24) is 14.9 Å². The molecule has 0 amide bonds. The van der Waals surface area contributed by atoms with Gasteiger partial charge in [-0.3, -0.25) is 4.99 Å². The molecule has 0 heterocycles. The molecule has 6 nitrogen and oxygen atoms in total. The highest BCUT2D eigenvalue weighted by molar-refractivity contribution is 14.0. The zero-order valence-electron chi connectivity index (χ0n) is 15.0. The summed E-state index contributed by atoms with van der Waals surface area (Å²) >= 11 is 0. The summed E-state index contributed by atoms with van der Waals surface area (Å²) in [7, 11) is -1.27. The Hall–Kier alpha value is -0.940. The van der Waals surface area contributed by atoms with Gasteiger partial charge >= 0.3 is 0 Å². The van der Waals surface area contributed by atoms with Crippen LogP contribution in [0.25, 0.3) is 0 Å². The highest BCUT2D eigenvalue weighted by Crippen LogP contribution is 2.06. The van der Waals surface area contributed by atoms with Gasteiger partial charge in [0, 0.05) is 33.2 Å². The summed E-state index contributed by atoms with van der Waals surface area (Å²) in [6.07, 6.45) is 0.613. The fourth-order valence-corrected chi connectivity index (χ4v) is 2.71. The smallest absolute Gasteiger partial charge is 0.211 e. The lowest BCUT2D eigenvalue weighted by Gasteiger charge is -2.22. The van der Waals surface area contributed by atoms with Gasteiger partial charge in [-0.1, -0.05) is 12.1 Å². The lowest BCUT2D eigenvalue weighted by molar-refractivity contribution is 0.474. The molecule has 0 unspecified atom stereocenters. The van der Waals surface area contributed by atoms with Gasteiger partial charge in [0.05, 0.1) is 5.75 Å². The van der Waals surface area contributed by atoms with Crippen LogP contribution in [0.2, 0.25) is 0 Å². The maximum Gasteiger partial charge on any atom is 0.211 e. The second-order valence-corrected chi connectivity index (χ2v) is 7.47. The minimum Gasteiger partial charge on any atom is -0.357 e. The van der Waals surface area contributed by atoms with Crippen molar-refractivity contribution < 1.29 is 12.8 Å². The Morgan fingerprint density at radius 1 is 1.32 bits per heavy atom. The third-order valence-electron chi connectivity index (χ3n) is 3.30. The predicted octanol–water partition coefficient (Wildman–Crippen LogP) is 2.17. The van der Waals surface area contributed by atoms with E-state index in [4.69, 9.17) is 0 Å². The van der Waals surface area contributed by atoms with E-state index in [-0.39, 0.29) is 35.5 Å². The zero-order chi connectivity index (χ0) is 18.0. The standard InChI is InChI=1S/C16H27FN4O2S.HI/c1-4-18-16(19-10-7-11-20-24(22,23)5-2)21(3)13-14-8-6-9-15(17)12-14;/h6,8-9,12,20H,4-5,7,10-11,13H2,1-3H3,(H,18,19);1H. The van der Waals surface area contributed by atoms with Gasteiger partial charge in [0.25, 0.3) is 0 Å². The van der Waals surface area contributed by atoms with Crippen molar-refractivity contribution in [2.24, 2.45) is 4.99 Å². The molecule has 144 valence electrons. The summed E-state index contributed by atoms with van der Waals surface area (Å²) in [5.74, 6) is 0.529. The van der Waals surface area contributed by atoms with Crippen LogP contribution in [-0.2, 0) is 16.6 Å². The summed E-state index contributed by atoms with van der Waals surface area (Å²) in [5.41, 5.74) is 0.860. The van der Waals surface area contributed by atoms with Crippen molar-refractivity contribution in [3.8, 4) is 0 Å². The van der Waals surface area contributed by atoms with Crippen molar-refractivity contribution >= 4 is 40.0 Å². The molecule has 0 aliphatic carbocycles. The van der Waals surface area contributed by atoms with E-state index in [1.54, 1.807) is 13.0 Å². The second kappa shape index (κ2) is 12.4. The van der Waals surface area contributed by atoms with Gasteiger partial charge < -0.3 is 10.2 Å². The summed E-state index contributed by atoms with van der Waals surface area (Å²) < 4.78 is 38.5. The molecule has 0 atom stereocenters. The molecule has 1 aromatic carbocycles. The van der Waals surface area contributed by atoms with Gasteiger partial charge in [0.15, 0.2) is 5.96 Å². The van der Waals surface area contributed by atoms with Gasteiger partial charge in [0.2, 0.25) is 10.0 Å². The molecule has 0 aliphatic heterocycles. The third kappa shape index (κ3) is 9.95. The van der Waals surface area contributed by atoms with E-state index in [1.807, 2.05) is 24.9 Å². The molecular formula is C16H28FIN4O2S. The van der Waals surface area contributed by atoms with Crippen LogP contribution in [0.4, 0.5) is 4.39 Å². The van der Waals surface area contributed by atoms with Crippen molar-refractivity contribution in [2.75, 3.05) is 32.4 Å².